The lowest BCUT2D eigenvalue weighted by atomic mass is 10.2. The number of carbonyl (C=O) groups is 2. The maximum Gasteiger partial charge on any atom is 0.259 e. The van der Waals surface area contributed by atoms with E-state index in [1.807, 2.05) is 0 Å². The molecule has 2 rings (SSSR count). The maximum atomic E-state index is 12.0. The van der Waals surface area contributed by atoms with E-state index < -0.39 is 11.8 Å². The average Bonchev–Trinajstić information content (AvgIpc) is 2.61. The normalized spacial score (nSPS) is 10.4. The van der Waals surface area contributed by atoms with E-state index in [0.717, 1.165) is 0 Å². The molecule has 2 aromatic rings. The van der Waals surface area contributed by atoms with Crippen LogP contribution in [0.1, 0.15) is 15.9 Å². The van der Waals surface area contributed by atoms with Gasteiger partial charge < -0.3 is 15.2 Å². The highest BCUT2D eigenvalue weighted by Gasteiger charge is 2.12. The molecule has 24 heavy (non-hydrogen) atoms. The fourth-order valence-electron chi connectivity index (χ4n) is 1.87. The first-order valence-electron chi connectivity index (χ1n) is 7.12. The molecule has 0 fully saturated rings. The number of hydrazone groups is 1. The van der Waals surface area contributed by atoms with E-state index in [-0.39, 0.29) is 12.3 Å². The molecule has 0 heterocycles. The zero-order valence-electron chi connectivity index (χ0n) is 13.0. The van der Waals surface area contributed by atoms with Crippen LogP contribution in [0.3, 0.4) is 0 Å². The highest BCUT2D eigenvalue weighted by molar-refractivity contribution is 5.98. The van der Waals surface area contributed by atoms with Gasteiger partial charge in [-0.15, -0.1) is 0 Å². The number of hydrogen-bond acceptors (Lipinski definition) is 5. The van der Waals surface area contributed by atoms with Crippen LogP contribution in [0.4, 0.5) is 0 Å². The molecule has 7 nitrogen and oxygen atoms in total. The van der Waals surface area contributed by atoms with Gasteiger partial charge in [-0.1, -0.05) is 12.1 Å². The summed E-state index contributed by atoms with van der Waals surface area (Å²) in [5, 5.41) is 15.4. The van der Waals surface area contributed by atoms with Crippen molar-refractivity contribution in [2.75, 3.05) is 13.7 Å². The second kappa shape index (κ2) is 8.33. The molecule has 0 aliphatic heterocycles. The smallest absolute Gasteiger partial charge is 0.259 e. The summed E-state index contributed by atoms with van der Waals surface area (Å²) >= 11 is 0. The van der Waals surface area contributed by atoms with Crippen molar-refractivity contribution < 1.29 is 19.4 Å². The number of benzene rings is 2. The number of ether oxygens (including phenoxy) is 1. The Labute approximate surface area is 139 Å². The number of nitrogens with one attached hydrogen (secondary N) is 2. The minimum absolute atomic E-state index is 0.148. The number of amides is 2. The van der Waals surface area contributed by atoms with E-state index in [1.165, 1.54) is 25.5 Å². The molecule has 2 aromatic carbocycles. The Balaban J connectivity index is 1.82. The average molecular weight is 327 g/mol. The number of hydrogen-bond donors (Lipinski definition) is 3. The molecule has 7 heteroatoms. The fraction of sp³-hybridized carbons (Fsp3) is 0.118. The Kier molecular flexibility index (Phi) is 5.90. The summed E-state index contributed by atoms with van der Waals surface area (Å²) in [7, 11) is 1.47. The third-order valence-corrected chi connectivity index (χ3v) is 3.06. The van der Waals surface area contributed by atoms with Gasteiger partial charge in [0.15, 0.2) is 0 Å². The van der Waals surface area contributed by atoms with Gasteiger partial charge in [0.25, 0.3) is 11.8 Å². The summed E-state index contributed by atoms with van der Waals surface area (Å²) in [4.78, 5) is 23.7. The molecule has 0 unspecified atom stereocenters. The molecule has 0 atom stereocenters. The Morgan fingerprint density at radius 3 is 2.58 bits per heavy atom. The lowest BCUT2D eigenvalue weighted by Gasteiger charge is -2.08. The Morgan fingerprint density at radius 1 is 1.17 bits per heavy atom. The van der Waals surface area contributed by atoms with Gasteiger partial charge in [-0.3, -0.25) is 9.59 Å². The van der Waals surface area contributed by atoms with Crippen LogP contribution in [0.15, 0.2) is 53.6 Å². The molecule has 3 N–H and O–H groups in total. The van der Waals surface area contributed by atoms with Crippen LogP contribution < -0.4 is 15.5 Å². The molecule has 0 aliphatic carbocycles. The predicted molar refractivity (Wildman–Crippen MR) is 89.2 cm³/mol. The second-order valence-electron chi connectivity index (χ2n) is 4.77. The van der Waals surface area contributed by atoms with Crippen molar-refractivity contribution in [1.82, 2.24) is 10.7 Å². The van der Waals surface area contributed by atoms with Crippen molar-refractivity contribution in [2.24, 2.45) is 5.10 Å². The molecule has 0 aliphatic rings. The van der Waals surface area contributed by atoms with Crippen molar-refractivity contribution in [3.8, 4) is 11.5 Å². The molecule has 0 radical (unpaired) electrons. The third kappa shape index (κ3) is 4.84. The first-order valence-corrected chi connectivity index (χ1v) is 7.12. The molecule has 0 spiro atoms. The summed E-state index contributed by atoms with van der Waals surface area (Å²) in [5.41, 5.74) is 3.36. The predicted octanol–water partition coefficient (Wildman–Crippen LogP) is 1.28. The van der Waals surface area contributed by atoms with Gasteiger partial charge in [0, 0.05) is 0 Å². The van der Waals surface area contributed by atoms with Crippen molar-refractivity contribution in [1.29, 1.82) is 0 Å². The Hall–Kier alpha value is -3.35. The number of rotatable bonds is 6. The topological polar surface area (TPSA) is 100 Å². The number of methoxy groups -OCH3 is 1. The minimum atomic E-state index is -0.465. The number of aromatic hydroxyl groups is 1. The van der Waals surface area contributed by atoms with Gasteiger partial charge in [-0.25, -0.2) is 5.43 Å². The number of phenolic OH excluding ortho intramolecular Hbond substituents is 1. The van der Waals surface area contributed by atoms with E-state index in [9.17, 15) is 9.59 Å². The summed E-state index contributed by atoms with van der Waals surface area (Å²) in [5.74, 6) is -0.297. The highest BCUT2D eigenvalue weighted by Crippen LogP contribution is 2.16. The van der Waals surface area contributed by atoms with Crippen LogP contribution in [0, 0.1) is 0 Å². The molecular formula is C17H17N3O4. The van der Waals surface area contributed by atoms with E-state index in [2.05, 4.69) is 15.8 Å². The number of carbonyl (C=O) groups excluding carboxylic acids is 2. The second-order valence-corrected chi connectivity index (χ2v) is 4.77. The van der Waals surface area contributed by atoms with Crippen molar-refractivity contribution in [3.05, 3.63) is 59.7 Å². The van der Waals surface area contributed by atoms with Crippen LogP contribution >= 0.6 is 0 Å². The first kappa shape index (κ1) is 17.0. The minimum Gasteiger partial charge on any atom is -0.508 e. The largest absolute Gasteiger partial charge is 0.508 e. The lowest BCUT2D eigenvalue weighted by Crippen LogP contribution is -2.35. The zero-order chi connectivity index (χ0) is 17.4. The van der Waals surface area contributed by atoms with Crippen molar-refractivity contribution >= 4 is 18.0 Å². The first-order chi connectivity index (χ1) is 11.6. The standard InChI is InChI=1S/C17H17N3O4/c1-24-15-5-3-2-4-14(15)17(23)18-11-16(22)20-19-10-12-6-8-13(21)9-7-12/h2-10,21H,11H2,1H3,(H,18,23)(H,20,22). The van der Waals surface area contributed by atoms with Crippen LogP contribution in [-0.2, 0) is 4.79 Å². The highest BCUT2D eigenvalue weighted by atomic mass is 16.5. The van der Waals surface area contributed by atoms with Crippen LogP contribution in [0.5, 0.6) is 11.5 Å². The molecule has 0 saturated heterocycles. The summed E-state index contributed by atoms with van der Waals surface area (Å²) < 4.78 is 5.09. The van der Waals surface area contributed by atoms with Crippen molar-refractivity contribution in [3.63, 3.8) is 0 Å². The summed E-state index contributed by atoms with van der Waals surface area (Å²) in [6, 6.07) is 13.0. The molecular weight excluding hydrogens is 310 g/mol. The number of para-hydroxylation sites is 1. The molecule has 0 saturated carbocycles. The lowest BCUT2D eigenvalue weighted by molar-refractivity contribution is -0.120. The molecule has 0 bridgehead atoms. The Morgan fingerprint density at radius 2 is 1.88 bits per heavy atom. The Bertz CT molecular complexity index is 742. The van der Waals surface area contributed by atoms with Gasteiger partial charge in [-0.2, -0.15) is 5.10 Å². The maximum absolute atomic E-state index is 12.0. The SMILES string of the molecule is COc1ccccc1C(=O)NCC(=O)NN=Cc1ccc(O)cc1. The van der Waals surface area contributed by atoms with Gasteiger partial charge in [0.2, 0.25) is 0 Å². The zero-order valence-corrected chi connectivity index (χ0v) is 13.0. The number of phenols is 1. The monoisotopic (exact) mass is 327 g/mol. The van der Waals surface area contributed by atoms with E-state index in [1.54, 1.807) is 36.4 Å². The molecule has 124 valence electrons. The quantitative estimate of drug-likeness (QED) is 0.549. The van der Waals surface area contributed by atoms with E-state index in [4.69, 9.17) is 9.84 Å². The van der Waals surface area contributed by atoms with Gasteiger partial charge >= 0.3 is 0 Å². The van der Waals surface area contributed by atoms with Gasteiger partial charge in [0.1, 0.15) is 11.5 Å². The third-order valence-electron chi connectivity index (χ3n) is 3.06. The van der Waals surface area contributed by atoms with E-state index >= 15 is 0 Å². The molecule has 0 aromatic heterocycles. The molecule has 2 amide bonds. The van der Waals surface area contributed by atoms with Crippen LogP contribution in [0.25, 0.3) is 0 Å². The van der Waals surface area contributed by atoms with Crippen molar-refractivity contribution in [2.45, 2.75) is 0 Å². The fourth-order valence-corrected chi connectivity index (χ4v) is 1.87. The van der Waals surface area contributed by atoms with E-state index in [0.29, 0.717) is 16.9 Å². The van der Waals surface area contributed by atoms with Crippen LogP contribution in [-0.4, -0.2) is 36.8 Å². The summed E-state index contributed by atoms with van der Waals surface area (Å²) in [6.07, 6.45) is 1.43. The van der Waals surface area contributed by atoms with Crippen LogP contribution in [0.2, 0.25) is 0 Å². The van der Waals surface area contributed by atoms with Gasteiger partial charge in [-0.05, 0) is 42.0 Å². The summed E-state index contributed by atoms with van der Waals surface area (Å²) in [6.45, 7) is -0.218. The number of nitrogens with zero attached hydrogens (tertiary/aromatic N) is 1. The van der Waals surface area contributed by atoms with Gasteiger partial charge in [0.05, 0.1) is 25.4 Å².